The first kappa shape index (κ1) is 19.0. The zero-order chi connectivity index (χ0) is 14.4. The number of guanidine groups is 1. The predicted octanol–water partition coefficient (Wildman–Crippen LogP) is 2.92. The van der Waals surface area contributed by atoms with E-state index in [1.54, 1.807) is 0 Å². The number of nitrogens with two attached hydrogens (primary N) is 1. The minimum absolute atomic E-state index is 0. The fraction of sp³-hybridized carbons (Fsp3) is 0.938. The molecule has 0 bridgehead atoms. The van der Waals surface area contributed by atoms with Gasteiger partial charge in [0.1, 0.15) is 0 Å². The maximum atomic E-state index is 6.12. The lowest BCUT2D eigenvalue weighted by Crippen LogP contribution is -2.43. The quantitative estimate of drug-likeness (QED) is 0.442. The molecule has 2 aliphatic rings. The Morgan fingerprint density at radius 1 is 1.14 bits per heavy atom. The number of nitrogens with zero attached hydrogens (tertiary/aromatic N) is 3. The van der Waals surface area contributed by atoms with Crippen LogP contribution in [0.4, 0.5) is 0 Å². The molecule has 0 aromatic heterocycles. The van der Waals surface area contributed by atoms with Crippen LogP contribution in [0.15, 0.2) is 4.99 Å². The smallest absolute Gasteiger partial charge is 0.191 e. The van der Waals surface area contributed by atoms with E-state index < -0.39 is 0 Å². The fourth-order valence-electron chi connectivity index (χ4n) is 3.25. The Morgan fingerprint density at radius 2 is 1.76 bits per heavy atom. The third kappa shape index (κ3) is 6.30. The van der Waals surface area contributed by atoms with Gasteiger partial charge in [0.15, 0.2) is 5.96 Å². The standard InChI is InChI=1S/C16H32N4.HI/c1-14-7-12-20(13-8-14)16(17)18-9-6-15(2)19-10-4-3-5-11-19;/h14-15H,3-13H2,1-2H3,(H2,17,18);1H. The van der Waals surface area contributed by atoms with Crippen LogP contribution < -0.4 is 5.73 Å². The van der Waals surface area contributed by atoms with Gasteiger partial charge >= 0.3 is 0 Å². The molecule has 1 unspecified atom stereocenters. The number of rotatable bonds is 4. The Labute approximate surface area is 147 Å². The second kappa shape index (κ2) is 9.87. The second-order valence-electron chi connectivity index (χ2n) is 6.64. The molecule has 2 N–H and O–H groups in total. The van der Waals surface area contributed by atoms with Crippen molar-refractivity contribution in [3.8, 4) is 0 Å². The number of hydrogen-bond acceptors (Lipinski definition) is 2. The molecule has 2 fully saturated rings. The van der Waals surface area contributed by atoms with E-state index in [2.05, 4.69) is 28.6 Å². The topological polar surface area (TPSA) is 44.9 Å². The van der Waals surface area contributed by atoms with Crippen LogP contribution in [0.5, 0.6) is 0 Å². The van der Waals surface area contributed by atoms with Gasteiger partial charge in [-0.3, -0.25) is 4.99 Å². The molecule has 2 rings (SSSR count). The van der Waals surface area contributed by atoms with Gasteiger partial charge < -0.3 is 15.5 Å². The Bertz CT molecular complexity index is 307. The largest absolute Gasteiger partial charge is 0.370 e. The highest BCUT2D eigenvalue weighted by Gasteiger charge is 2.18. The Morgan fingerprint density at radius 3 is 2.38 bits per heavy atom. The number of hydrogen-bond donors (Lipinski definition) is 1. The molecule has 4 nitrogen and oxygen atoms in total. The number of halogens is 1. The molecule has 5 heteroatoms. The van der Waals surface area contributed by atoms with Crippen molar-refractivity contribution < 1.29 is 0 Å². The average Bonchev–Trinajstić information content (AvgIpc) is 2.48. The van der Waals surface area contributed by atoms with Crippen molar-refractivity contribution in [2.24, 2.45) is 16.6 Å². The van der Waals surface area contributed by atoms with Crippen LogP contribution in [-0.4, -0.2) is 54.5 Å². The van der Waals surface area contributed by atoms with E-state index >= 15 is 0 Å². The molecule has 0 aromatic carbocycles. The highest BCUT2D eigenvalue weighted by Crippen LogP contribution is 2.16. The van der Waals surface area contributed by atoms with Gasteiger partial charge in [0, 0.05) is 25.7 Å². The second-order valence-corrected chi connectivity index (χ2v) is 6.64. The van der Waals surface area contributed by atoms with Gasteiger partial charge in [-0.1, -0.05) is 13.3 Å². The van der Waals surface area contributed by atoms with Crippen molar-refractivity contribution in [3.63, 3.8) is 0 Å². The maximum absolute atomic E-state index is 6.12. The van der Waals surface area contributed by atoms with Crippen molar-refractivity contribution in [1.82, 2.24) is 9.80 Å². The van der Waals surface area contributed by atoms with Crippen LogP contribution in [0.2, 0.25) is 0 Å². The maximum Gasteiger partial charge on any atom is 0.191 e. The molecule has 0 saturated carbocycles. The highest BCUT2D eigenvalue weighted by atomic mass is 127. The van der Waals surface area contributed by atoms with Crippen LogP contribution >= 0.6 is 24.0 Å². The van der Waals surface area contributed by atoms with Crippen molar-refractivity contribution in [3.05, 3.63) is 0 Å². The average molecular weight is 408 g/mol. The zero-order valence-corrected chi connectivity index (χ0v) is 16.1. The van der Waals surface area contributed by atoms with E-state index in [1.807, 2.05) is 0 Å². The normalized spacial score (nSPS) is 23.7. The molecule has 0 aliphatic carbocycles. The molecule has 124 valence electrons. The van der Waals surface area contributed by atoms with Crippen LogP contribution in [0.3, 0.4) is 0 Å². The first-order valence-corrected chi connectivity index (χ1v) is 8.45. The third-order valence-electron chi connectivity index (χ3n) is 4.94. The van der Waals surface area contributed by atoms with Crippen LogP contribution in [0.25, 0.3) is 0 Å². The summed E-state index contributed by atoms with van der Waals surface area (Å²) in [4.78, 5) is 9.47. The molecule has 0 aromatic rings. The zero-order valence-electron chi connectivity index (χ0n) is 13.8. The summed E-state index contributed by atoms with van der Waals surface area (Å²) in [7, 11) is 0. The Balaban J connectivity index is 0.00000220. The van der Waals surface area contributed by atoms with Gasteiger partial charge in [0.2, 0.25) is 0 Å². The molecule has 2 aliphatic heterocycles. The summed E-state index contributed by atoms with van der Waals surface area (Å²) in [6, 6.07) is 0.647. The van der Waals surface area contributed by atoms with E-state index in [0.717, 1.165) is 37.9 Å². The first-order valence-electron chi connectivity index (χ1n) is 8.45. The molecule has 0 spiro atoms. The van der Waals surface area contributed by atoms with Crippen LogP contribution in [0.1, 0.15) is 52.4 Å². The van der Waals surface area contributed by atoms with E-state index in [0.29, 0.717) is 6.04 Å². The Hall–Kier alpha value is -0.0400. The van der Waals surface area contributed by atoms with E-state index in [9.17, 15) is 0 Å². The molecule has 0 radical (unpaired) electrons. The fourth-order valence-corrected chi connectivity index (χ4v) is 3.25. The van der Waals surface area contributed by atoms with Gasteiger partial charge in [0.05, 0.1) is 0 Å². The van der Waals surface area contributed by atoms with Crippen molar-refractivity contribution in [2.45, 2.75) is 58.4 Å². The summed E-state index contributed by atoms with van der Waals surface area (Å²) in [5, 5.41) is 0. The van der Waals surface area contributed by atoms with E-state index in [4.69, 9.17) is 5.73 Å². The number of likely N-dealkylation sites (tertiary alicyclic amines) is 2. The molecule has 21 heavy (non-hydrogen) atoms. The van der Waals surface area contributed by atoms with Gasteiger partial charge in [-0.25, -0.2) is 0 Å². The van der Waals surface area contributed by atoms with Gasteiger partial charge in [-0.05, 0) is 58.0 Å². The third-order valence-corrected chi connectivity index (χ3v) is 4.94. The number of aliphatic imine (C=N–C) groups is 1. The van der Waals surface area contributed by atoms with Gasteiger partial charge in [0.25, 0.3) is 0 Å². The molecule has 1 atom stereocenters. The molecular formula is C16H33IN4. The summed E-state index contributed by atoms with van der Waals surface area (Å²) in [6.45, 7) is 10.2. The highest BCUT2D eigenvalue weighted by molar-refractivity contribution is 14.0. The monoisotopic (exact) mass is 408 g/mol. The van der Waals surface area contributed by atoms with Crippen molar-refractivity contribution in [1.29, 1.82) is 0 Å². The first-order chi connectivity index (χ1) is 9.66. The van der Waals surface area contributed by atoms with Gasteiger partial charge in [-0.2, -0.15) is 0 Å². The van der Waals surface area contributed by atoms with E-state index in [-0.39, 0.29) is 24.0 Å². The van der Waals surface area contributed by atoms with Crippen LogP contribution in [-0.2, 0) is 0 Å². The molecule has 2 saturated heterocycles. The summed E-state index contributed by atoms with van der Waals surface area (Å²) in [5.74, 6) is 1.61. The molecule has 0 amide bonds. The van der Waals surface area contributed by atoms with Crippen molar-refractivity contribution >= 4 is 29.9 Å². The van der Waals surface area contributed by atoms with Crippen LogP contribution in [0, 0.1) is 5.92 Å². The summed E-state index contributed by atoms with van der Waals surface area (Å²) in [5.41, 5.74) is 6.12. The lowest BCUT2D eigenvalue weighted by molar-refractivity contribution is 0.168. The minimum Gasteiger partial charge on any atom is -0.370 e. The molecule has 2 heterocycles. The van der Waals surface area contributed by atoms with Gasteiger partial charge in [-0.15, -0.1) is 24.0 Å². The Kier molecular flexibility index (Phi) is 8.94. The summed E-state index contributed by atoms with van der Waals surface area (Å²) >= 11 is 0. The lowest BCUT2D eigenvalue weighted by Gasteiger charge is -2.32. The molecular weight excluding hydrogens is 375 g/mol. The minimum atomic E-state index is 0. The summed E-state index contributed by atoms with van der Waals surface area (Å²) < 4.78 is 0. The predicted molar refractivity (Wildman–Crippen MR) is 101 cm³/mol. The summed E-state index contributed by atoms with van der Waals surface area (Å²) in [6.07, 6.45) is 7.76. The SMILES string of the molecule is CC1CCN(C(N)=NCCC(C)N2CCCCC2)CC1.I. The van der Waals surface area contributed by atoms with Crippen molar-refractivity contribution in [2.75, 3.05) is 32.7 Å². The van der Waals surface area contributed by atoms with E-state index in [1.165, 1.54) is 45.2 Å². The number of piperidine rings is 2. The lowest BCUT2D eigenvalue weighted by atomic mass is 10.00.